The quantitative estimate of drug-likeness (QED) is 0.772. The Kier molecular flexibility index (Phi) is 5.28. The molecule has 0 aliphatic rings. The van der Waals surface area contributed by atoms with Gasteiger partial charge in [-0.15, -0.1) is 0 Å². The molecule has 1 unspecified atom stereocenters. The number of halogens is 2. The van der Waals surface area contributed by atoms with Crippen LogP contribution in [0.2, 0.25) is 0 Å². The van der Waals surface area contributed by atoms with Crippen LogP contribution in [0.25, 0.3) is 0 Å². The van der Waals surface area contributed by atoms with Gasteiger partial charge in [0.2, 0.25) is 9.05 Å². The Morgan fingerprint density at radius 2 is 2.12 bits per heavy atom. The molecule has 1 aromatic carbocycles. The van der Waals surface area contributed by atoms with Crippen molar-refractivity contribution in [1.82, 2.24) is 0 Å². The second-order valence-electron chi connectivity index (χ2n) is 4.06. The first-order valence-corrected chi connectivity index (χ1v) is 8.36. The first-order valence-electron chi connectivity index (χ1n) is 5.09. The highest BCUT2D eigenvalue weighted by Gasteiger charge is 2.13. The van der Waals surface area contributed by atoms with Gasteiger partial charge >= 0.3 is 0 Å². The van der Waals surface area contributed by atoms with E-state index in [1.807, 2.05) is 25.1 Å². The number of rotatable bonds is 5. The van der Waals surface area contributed by atoms with Gasteiger partial charge in [0, 0.05) is 16.6 Å². The van der Waals surface area contributed by atoms with Crippen LogP contribution in [0.15, 0.2) is 22.7 Å². The summed E-state index contributed by atoms with van der Waals surface area (Å²) in [4.78, 5) is 0. The summed E-state index contributed by atoms with van der Waals surface area (Å²) in [6, 6.07) is 5.72. The molecule has 0 radical (unpaired) electrons. The average Bonchev–Trinajstić information content (AvgIpc) is 2.13. The van der Waals surface area contributed by atoms with E-state index in [1.165, 1.54) is 0 Å². The van der Waals surface area contributed by atoms with Crippen molar-refractivity contribution in [3.8, 4) is 5.75 Å². The topological polar surface area (TPSA) is 43.4 Å². The molecule has 0 fully saturated rings. The molecule has 0 saturated heterocycles. The molecular formula is C11H14BrClO3S. The molecule has 0 bridgehead atoms. The van der Waals surface area contributed by atoms with Gasteiger partial charge in [-0.2, -0.15) is 0 Å². The first kappa shape index (κ1) is 14.8. The minimum Gasteiger partial charge on any atom is -0.492 e. The molecule has 0 aliphatic carbocycles. The van der Waals surface area contributed by atoms with Gasteiger partial charge in [-0.25, -0.2) is 8.42 Å². The fourth-order valence-electron chi connectivity index (χ4n) is 1.34. The van der Waals surface area contributed by atoms with Crippen molar-refractivity contribution in [2.75, 3.05) is 12.4 Å². The zero-order valence-electron chi connectivity index (χ0n) is 9.61. The predicted octanol–water partition coefficient (Wildman–Crippen LogP) is 3.34. The highest BCUT2D eigenvalue weighted by atomic mass is 79.9. The van der Waals surface area contributed by atoms with E-state index >= 15 is 0 Å². The number of ether oxygens (including phenoxy) is 1. The minimum atomic E-state index is -3.46. The maximum Gasteiger partial charge on any atom is 0.232 e. The van der Waals surface area contributed by atoms with Crippen LogP contribution >= 0.6 is 26.6 Å². The summed E-state index contributed by atoms with van der Waals surface area (Å²) in [6.07, 6.45) is 0. The van der Waals surface area contributed by atoms with Crippen molar-refractivity contribution in [1.29, 1.82) is 0 Å². The Hall–Kier alpha value is -0.260. The van der Waals surface area contributed by atoms with Crippen molar-refractivity contribution < 1.29 is 13.2 Å². The van der Waals surface area contributed by atoms with Gasteiger partial charge in [0.15, 0.2) is 0 Å². The number of hydrogen-bond donors (Lipinski definition) is 0. The third kappa shape index (κ3) is 5.75. The van der Waals surface area contributed by atoms with Crippen LogP contribution in [0.4, 0.5) is 0 Å². The molecule has 1 aromatic rings. The third-order valence-electron chi connectivity index (χ3n) is 2.09. The van der Waals surface area contributed by atoms with Crippen molar-refractivity contribution in [2.24, 2.45) is 5.92 Å². The molecule has 3 nitrogen and oxygen atoms in total. The van der Waals surface area contributed by atoms with E-state index in [0.29, 0.717) is 12.4 Å². The zero-order valence-corrected chi connectivity index (χ0v) is 12.8. The van der Waals surface area contributed by atoms with Crippen LogP contribution in [0.1, 0.15) is 12.5 Å². The summed E-state index contributed by atoms with van der Waals surface area (Å²) in [5.41, 5.74) is 1.13. The SMILES string of the molecule is Cc1ccc(OCC(C)CS(=O)(=O)Cl)c(Br)c1. The van der Waals surface area contributed by atoms with Crippen LogP contribution in [-0.4, -0.2) is 20.8 Å². The van der Waals surface area contributed by atoms with Crippen LogP contribution in [0.5, 0.6) is 5.75 Å². The van der Waals surface area contributed by atoms with Gasteiger partial charge < -0.3 is 4.74 Å². The molecule has 0 aliphatic heterocycles. The van der Waals surface area contributed by atoms with Gasteiger partial charge in [-0.05, 0) is 40.5 Å². The summed E-state index contributed by atoms with van der Waals surface area (Å²) < 4.78 is 28.1. The maximum absolute atomic E-state index is 10.9. The summed E-state index contributed by atoms with van der Waals surface area (Å²) >= 11 is 3.39. The van der Waals surface area contributed by atoms with Gasteiger partial charge in [0.05, 0.1) is 16.8 Å². The lowest BCUT2D eigenvalue weighted by atomic mass is 10.2. The molecule has 0 saturated carbocycles. The maximum atomic E-state index is 10.9. The fraction of sp³-hybridized carbons (Fsp3) is 0.455. The van der Waals surface area contributed by atoms with Crippen molar-refractivity contribution in [2.45, 2.75) is 13.8 Å². The van der Waals surface area contributed by atoms with Gasteiger partial charge in [0.25, 0.3) is 0 Å². The summed E-state index contributed by atoms with van der Waals surface area (Å²) in [6.45, 7) is 4.08. The second-order valence-corrected chi connectivity index (χ2v) is 7.73. The van der Waals surface area contributed by atoms with Crippen LogP contribution in [0, 0.1) is 12.8 Å². The molecule has 6 heteroatoms. The van der Waals surface area contributed by atoms with Crippen LogP contribution in [-0.2, 0) is 9.05 Å². The lowest BCUT2D eigenvalue weighted by Crippen LogP contribution is -2.16. The second kappa shape index (κ2) is 6.07. The molecule has 0 amide bonds. The molecule has 0 aromatic heterocycles. The van der Waals surface area contributed by atoms with E-state index < -0.39 is 9.05 Å². The van der Waals surface area contributed by atoms with Crippen LogP contribution < -0.4 is 4.74 Å². The van der Waals surface area contributed by atoms with Crippen molar-refractivity contribution >= 4 is 35.7 Å². The molecule has 1 rings (SSSR count). The minimum absolute atomic E-state index is 0.0853. The molecule has 0 heterocycles. The van der Waals surface area contributed by atoms with E-state index in [0.717, 1.165) is 10.0 Å². The van der Waals surface area contributed by atoms with E-state index in [2.05, 4.69) is 15.9 Å². The normalized spacial score (nSPS) is 13.4. The monoisotopic (exact) mass is 340 g/mol. The standard InChI is InChI=1S/C11H14BrClO3S/c1-8-3-4-11(10(12)5-8)16-6-9(2)7-17(13,14)15/h3-5,9H,6-7H2,1-2H3. The van der Waals surface area contributed by atoms with Crippen molar-refractivity contribution in [3.05, 3.63) is 28.2 Å². The van der Waals surface area contributed by atoms with Gasteiger partial charge in [-0.3, -0.25) is 0 Å². The van der Waals surface area contributed by atoms with E-state index in [9.17, 15) is 8.42 Å². The Labute approximate surface area is 115 Å². The molecule has 1 atom stereocenters. The smallest absolute Gasteiger partial charge is 0.232 e. The Balaban J connectivity index is 2.56. The highest BCUT2D eigenvalue weighted by Crippen LogP contribution is 2.26. The van der Waals surface area contributed by atoms with Gasteiger partial charge in [0.1, 0.15) is 5.75 Å². The largest absolute Gasteiger partial charge is 0.492 e. The first-order chi connectivity index (χ1) is 7.78. The lowest BCUT2D eigenvalue weighted by molar-refractivity contribution is 0.270. The third-order valence-corrected chi connectivity index (χ3v) is 4.06. The predicted molar refractivity (Wildman–Crippen MR) is 73.2 cm³/mol. The number of benzene rings is 1. The van der Waals surface area contributed by atoms with Crippen LogP contribution in [0.3, 0.4) is 0 Å². The molecule has 0 N–H and O–H groups in total. The van der Waals surface area contributed by atoms with Gasteiger partial charge in [-0.1, -0.05) is 13.0 Å². The number of hydrogen-bond acceptors (Lipinski definition) is 3. The zero-order chi connectivity index (χ0) is 13.1. The summed E-state index contributed by atoms with van der Waals surface area (Å²) in [7, 11) is 1.71. The Morgan fingerprint density at radius 1 is 1.47 bits per heavy atom. The molecule has 17 heavy (non-hydrogen) atoms. The Morgan fingerprint density at radius 3 is 2.65 bits per heavy atom. The van der Waals surface area contributed by atoms with Crippen molar-refractivity contribution in [3.63, 3.8) is 0 Å². The summed E-state index contributed by atoms with van der Waals surface area (Å²) in [5, 5.41) is 0. The lowest BCUT2D eigenvalue weighted by Gasteiger charge is -2.12. The van der Waals surface area contributed by atoms with E-state index in [1.54, 1.807) is 6.92 Å². The highest BCUT2D eigenvalue weighted by molar-refractivity contribution is 9.10. The number of aryl methyl sites for hydroxylation is 1. The average molecular weight is 342 g/mol. The Bertz CT molecular complexity index is 487. The van der Waals surface area contributed by atoms with E-state index in [4.69, 9.17) is 15.4 Å². The fourth-order valence-corrected chi connectivity index (χ4v) is 3.37. The molecular weight excluding hydrogens is 328 g/mol. The molecule has 0 spiro atoms. The van der Waals surface area contributed by atoms with E-state index in [-0.39, 0.29) is 11.7 Å². The molecule has 96 valence electrons. The summed E-state index contributed by atoms with van der Waals surface area (Å²) in [5.74, 6) is 0.470.